The fourth-order valence-corrected chi connectivity index (χ4v) is 5.54. The minimum Gasteiger partial charge on any atom is -0.329 e. The molecule has 2 unspecified atom stereocenters. The number of hydrogen-bond donors (Lipinski definition) is 1. The van der Waals surface area contributed by atoms with Gasteiger partial charge < -0.3 is 5.73 Å². The van der Waals surface area contributed by atoms with Gasteiger partial charge in [-0.3, -0.25) is 4.90 Å². The molecule has 0 spiro atoms. The number of nitrogens with zero attached hydrogens (tertiary/aromatic N) is 1. The predicted molar refractivity (Wildman–Crippen MR) is 76.4 cm³/mol. The van der Waals surface area contributed by atoms with Crippen LogP contribution in [0.2, 0.25) is 0 Å². The maximum atomic E-state index is 6.10. The summed E-state index contributed by atoms with van der Waals surface area (Å²) in [7, 11) is 0. The van der Waals surface area contributed by atoms with Crippen LogP contribution in [-0.4, -0.2) is 52.1 Å². The van der Waals surface area contributed by atoms with Crippen LogP contribution in [0.1, 0.15) is 26.7 Å². The molecule has 2 heterocycles. The third-order valence-corrected chi connectivity index (χ3v) is 6.11. The second-order valence-corrected chi connectivity index (χ2v) is 8.31. The van der Waals surface area contributed by atoms with E-state index in [4.69, 9.17) is 5.73 Å². The van der Waals surface area contributed by atoms with E-state index in [1.165, 1.54) is 37.4 Å². The maximum Gasteiger partial charge on any atom is 0.0348 e. The van der Waals surface area contributed by atoms with E-state index in [9.17, 15) is 0 Å². The van der Waals surface area contributed by atoms with Crippen LogP contribution in [-0.2, 0) is 0 Å². The Morgan fingerprint density at radius 3 is 2.25 bits per heavy atom. The first kappa shape index (κ1) is 13.1. The highest BCUT2D eigenvalue weighted by atomic mass is 32.2. The van der Waals surface area contributed by atoms with Crippen molar-refractivity contribution in [3.05, 3.63) is 0 Å². The second kappa shape index (κ2) is 5.51. The van der Waals surface area contributed by atoms with Gasteiger partial charge in [0.05, 0.1) is 0 Å². The molecule has 0 amide bonds. The van der Waals surface area contributed by atoms with Crippen LogP contribution < -0.4 is 5.73 Å². The van der Waals surface area contributed by atoms with Crippen LogP contribution in [0.3, 0.4) is 0 Å². The van der Waals surface area contributed by atoms with E-state index in [0.717, 1.165) is 17.0 Å². The van der Waals surface area contributed by atoms with Gasteiger partial charge >= 0.3 is 0 Å². The molecule has 2 rings (SSSR count). The third-order valence-electron chi connectivity index (χ3n) is 3.89. The van der Waals surface area contributed by atoms with Gasteiger partial charge in [0.25, 0.3) is 0 Å². The quantitative estimate of drug-likeness (QED) is 0.823. The van der Waals surface area contributed by atoms with Crippen LogP contribution in [0.25, 0.3) is 0 Å². The molecule has 0 aliphatic carbocycles. The first-order valence-corrected chi connectivity index (χ1v) is 8.44. The van der Waals surface area contributed by atoms with Crippen molar-refractivity contribution < 1.29 is 0 Å². The zero-order valence-corrected chi connectivity index (χ0v) is 12.1. The van der Waals surface area contributed by atoms with Crippen molar-refractivity contribution in [1.82, 2.24) is 4.90 Å². The zero-order valence-electron chi connectivity index (χ0n) is 10.4. The van der Waals surface area contributed by atoms with E-state index in [1.54, 1.807) is 0 Å². The lowest BCUT2D eigenvalue weighted by molar-refractivity contribution is 0.0829. The molecule has 0 aromatic rings. The smallest absolute Gasteiger partial charge is 0.0348 e. The molecule has 0 aromatic heterocycles. The summed E-state index contributed by atoms with van der Waals surface area (Å²) in [4.78, 5) is 2.71. The molecule has 2 aliphatic heterocycles. The molecule has 2 nitrogen and oxygen atoms in total. The Balaban J connectivity index is 2.07. The molecule has 2 atom stereocenters. The standard InChI is InChI=1S/C12H24N2S2/c1-10-7-14(8-11(2)16-10)12(9-13)3-5-15-6-4-12/h10-11H,3-9,13H2,1-2H3. The molecule has 2 saturated heterocycles. The Morgan fingerprint density at radius 2 is 1.75 bits per heavy atom. The van der Waals surface area contributed by atoms with E-state index in [-0.39, 0.29) is 0 Å². The predicted octanol–water partition coefficient (Wildman–Crippen LogP) is 2.04. The number of hydrogen-bond acceptors (Lipinski definition) is 4. The molecule has 4 heteroatoms. The summed E-state index contributed by atoms with van der Waals surface area (Å²) in [6, 6.07) is 0. The minimum absolute atomic E-state index is 0.328. The fourth-order valence-electron chi connectivity index (χ4n) is 2.97. The summed E-state index contributed by atoms with van der Waals surface area (Å²) in [5, 5.41) is 1.53. The Bertz CT molecular complexity index is 219. The Labute approximate surface area is 108 Å². The highest BCUT2D eigenvalue weighted by Crippen LogP contribution is 2.36. The van der Waals surface area contributed by atoms with Crippen molar-refractivity contribution in [2.75, 3.05) is 31.1 Å². The van der Waals surface area contributed by atoms with Crippen molar-refractivity contribution in [3.63, 3.8) is 0 Å². The summed E-state index contributed by atoms with van der Waals surface area (Å²) < 4.78 is 0. The monoisotopic (exact) mass is 260 g/mol. The van der Waals surface area contributed by atoms with Gasteiger partial charge in [-0.05, 0) is 24.3 Å². The molecule has 94 valence electrons. The summed E-state index contributed by atoms with van der Waals surface area (Å²) in [6.07, 6.45) is 2.58. The molecule has 0 aromatic carbocycles. The lowest BCUT2D eigenvalue weighted by Gasteiger charge is -2.50. The Hall–Kier alpha value is 0.620. The molecule has 2 fully saturated rings. The van der Waals surface area contributed by atoms with Gasteiger partial charge in [0.1, 0.15) is 0 Å². The van der Waals surface area contributed by atoms with Crippen LogP contribution in [0.15, 0.2) is 0 Å². The Morgan fingerprint density at radius 1 is 1.19 bits per heavy atom. The van der Waals surface area contributed by atoms with Gasteiger partial charge in [-0.15, -0.1) is 0 Å². The van der Waals surface area contributed by atoms with Crippen LogP contribution in [0.4, 0.5) is 0 Å². The van der Waals surface area contributed by atoms with Gasteiger partial charge in [0.2, 0.25) is 0 Å². The van der Waals surface area contributed by atoms with Crippen molar-refractivity contribution in [2.45, 2.75) is 42.7 Å². The maximum absolute atomic E-state index is 6.10. The van der Waals surface area contributed by atoms with Crippen molar-refractivity contribution in [1.29, 1.82) is 0 Å². The lowest BCUT2D eigenvalue weighted by atomic mass is 9.89. The Kier molecular flexibility index (Phi) is 4.50. The topological polar surface area (TPSA) is 29.3 Å². The summed E-state index contributed by atoms with van der Waals surface area (Å²) >= 11 is 4.22. The van der Waals surface area contributed by atoms with Crippen molar-refractivity contribution >= 4 is 23.5 Å². The van der Waals surface area contributed by atoms with Crippen LogP contribution >= 0.6 is 23.5 Å². The zero-order chi connectivity index (χ0) is 11.6. The average molecular weight is 260 g/mol. The SMILES string of the molecule is CC1CN(C2(CN)CCSCC2)CC(C)S1. The molecule has 0 radical (unpaired) electrons. The van der Waals surface area contributed by atoms with Gasteiger partial charge in [0.15, 0.2) is 0 Å². The summed E-state index contributed by atoms with van der Waals surface area (Å²) in [5.41, 5.74) is 6.43. The van der Waals surface area contributed by atoms with Gasteiger partial charge in [-0.1, -0.05) is 13.8 Å². The van der Waals surface area contributed by atoms with Crippen LogP contribution in [0.5, 0.6) is 0 Å². The van der Waals surface area contributed by atoms with E-state index >= 15 is 0 Å². The first-order valence-electron chi connectivity index (χ1n) is 6.34. The lowest BCUT2D eigenvalue weighted by Crippen LogP contribution is -2.60. The number of nitrogens with two attached hydrogens (primary N) is 1. The summed E-state index contributed by atoms with van der Waals surface area (Å²) in [5.74, 6) is 2.59. The van der Waals surface area contributed by atoms with Gasteiger partial charge in [0, 0.05) is 35.7 Å². The first-order chi connectivity index (χ1) is 7.66. The minimum atomic E-state index is 0.328. The molecule has 16 heavy (non-hydrogen) atoms. The fraction of sp³-hybridized carbons (Fsp3) is 1.00. The molecule has 0 bridgehead atoms. The molecule has 2 aliphatic rings. The van der Waals surface area contributed by atoms with E-state index in [1.807, 2.05) is 0 Å². The molecular weight excluding hydrogens is 236 g/mol. The normalized spacial score (nSPS) is 36.2. The van der Waals surface area contributed by atoms with Gasteiger partial charge in [-0.25, -0.2) is 0 Å². The molecule has 0 saturated carbocycles. The molecule has 2 N–H and O–H groups in total. The van der Waals surface area contributed by atoms with E-state index < -0.39 is 0 Å². The average Bonchev–Trinajstić information content (AvgIpc) is 2.28. The van der Waals surface area contributed by atoms with Gasteiger partial charge in [-0.2, -0.15) is 23.5 Å². The third kappa shape index (κ3) is 2.71. The van der Waals surface area contributed by atoms with Crippen LogP contribution in [0, 0.1) is 0 Å². The molecular formula is C12H24N2S2. The van der Waals surface area contributed by atoms with Crippen molar-refractivity contribution in [2.24, 2.45) is 5.73 Å². The van der Waals surface area contributed by atoms with Crippen molar-refractivity contribution in [3.8, 4) is 0 Å². The highest BCUT2D eigenvalue weighted by Gasteiger charge is 2.39. The summed E-state index contributed by atoms with van der Waals surface area (Å²) in [6.45, 7) is 8.02. The van der Waals surface area contributed by atoms with E-state index in [0.29, 0.717) is 5.54 Å². The number of thioether (sulfide) groups is 2. The van der Waals surface area contributed by atoms with E-state index in [2.05, 4.69) is 42.3 Å². The highest BCUT2D eigenvalue weighted by molar-refractivity contribution is 8.00. The second-order valence-electron chi connectivity index (χ2n) is 5.20. The largest absolute Gasteiger partial charge is 0.329 e. The number of rotatable bonds is 2.